The Morgan fingerprint density at radius 1 is 1.14 bits per heavy atom. The summed E-state index contributed by atoms with van der Waals surface area (Å²) in [5.41, 5.74) is 8.26. The molecule has 1 aromatic rings. The molecule has 0 fully saturated rings. The lowest BCUT2D eigenvalue weighted by Gasteiger charge is -2.21. The van der Waals surface area contributed by atoms with E-state index in [2.05, 4.69) is 43.0 Å². The molecule has 0 heterocycles. The van der Waals surface area contributed by atoms with Crippen molar-refractivity contribution in [1.82, 2.24) is 0 Å². The van der Waals surface area contributed by atoms with Crippen molar-refractivity contribution in [3.8, 4) is 0 Å². The summed E-state index contributed by atoms with van der Waals surface area (Å²) >= 11 is 0. The van der Waals surface area contributed by atoms with Gasteiger partial charge in [-0.1, -0.05) is 12.1 Å². The molecule has 0 radical (unpaired) electrons. The van der Waals surface area contributed by atoms with Crippen molar-refractivity contribution in [2.45, 2.75) is 26.8 Å². The van der Waals surface area contributed by atoms with Gasteiger partial charge >= 0.3 is 0 Å². The maximum atomic E-state index is 5.79. The lowest BCUT2D eigenvalue weighted by Crippen LogP contribution is -2.21. The summed E-state index contributed by atoms with van der Waals surface area (Å²) in [7, 11) is 0. The molecule has 2 heteroatoms. The fraction of sp³-hybridized carbons (Fsp3) is 0.500. The highest BCUT2D eigenvalue weighted by atomic mass is 15.1. The predicted octanol–water partition coefficient (Wildman–Crippen LogP) is 2.55. The second-order valence-corrected chi connectivity index (χ2v) is 3.55. The Kier molecular flexibility index (Phi) is 3.96. The highest BCUT2D eigenvalue weighted by Gasteiger charge is 2.02. The Hall–Kier alpha value is -1.02. The standard InChI is InChI=1S/C12H20N2/c1-4-14(5-2)12-8-6-11(7-9-12)10(3)13/h6-10H,4-5,13H2,1-3H3/t10-/m1/s1. The van der Waals surface area contributed by atoms with E-state index in [4.69, 9.17) is 5.73 Å². The zero-order valence-electron chi connectivity index (χ0n) is 9.33. The second-order valence-electron chi connectivity index (χ2n) is 3.55. The molecule has 0 aromatic heterocycles. The van der Waals surface area contributed by atoms with Crippen LogP contribution in [-0.2, 0) is 0 Å². The van der Waals surface area contributed by atoms with Gasteiger partial charge in [0.05, 0.1) is 0 Å². The molecule has 0 saturated heterocycles. The quantitative estimate of drug-likeness (QED) is 0.794. The maximum Gasteiger partial charge on any atom is 0.0366 e. The normalized spacial score (nSPS) is 12.6. The van der Waals surface area contributed by atoms with Crippen LogP contribution in [0, 0.1) is 0 Å². The van der Waals surface area contributed by atoms with Crippen LogP contribution in [0.3, 0.4) is 0 Å². The molecule has 0 aliphatic carbocycles. The van der Waals surface area contributed by atoms with E-state index in [1.165, 1.54) is 11.3 Å². The zero-order chi connectivity index (χ0) is 10.6. The number of benzene rings is 1. The lowest BCUT2D eigenvalue weighted by molar-refractivity contribution is 0.815. The van der Waals surface area contributed by atoms with Gasteiger partial charge in [0.15, 0.2) is 0 Å². The minimum Gasteiger partial charge on any atom is -0.372 e. The van der Waals surface area contributed by atoms with E-state index in [9.17, 15) is 0 Å². The molecule has 0 bridgehead atoms. The molecular weight excluding hydrogens is 172 g/mol. The molecule has 78 valence electrons. The van der Waals surface area contributed by atoms with E-state index in [-0.39, 0.29) is 6.04 Å². The molecule has 1 aromatic carbocycles. The fourth-order valence-electron chi connectivity index (χ4n) is 1.58. The highest BCUT2D eigenvalue weighted by molar-refractivity contribution is 5.47. The molecule has 0 unspecified atom stereocenters. The average Bonchev–Trinajstić information content (AvgIpc) is 2.20. The monoisotopic (exact) mass is 192 g/mol. The van der Waals surface area contributed by atoms with Crippen LogP contribution in [0.4, 0.5) is 5.69 Å². The Balaban J connectivity index is 2.81. The van der Waals surface area contributed by atoms with Crippen molar-refractivity contribution in [3.05, 3.63) is 29.8 Å². The third kappa shape index (κ3) is 2.48. The first-order chi connectivity index (χ1) is 6.69. The minimum absolute atomic E-state index is 0.126. The van der Waals surface area contributed by atoms with Gasteiger partial charge < -0.3 is 10.6 Å². The Labute approximate surface area is 86.7 Å². The Bertz CT molecular complexity index is 260. The van der Waals surface area contributed by atoms with Gasteiger partial charge in [0.2, 0.25) is 0 Å². The molecule has 14 heavy (non-hydrogen) atoms. The van der Waals surface area contributed by atoms with Crippen LogP contribution in [0.1, 0.15) is 32.4 Å². The second kappa shape index (κ2) is 5.01. The number of nitrogens with two attached hydrogens (primary N) is 1. The number of rotatable bonds is 4. The zero-order valence-corrected chi connectivity index (χ0v) is 9.33. The van der Waals surface area contributed by atoms with Gasteiger partial charge in [-0.15, -0.1) is 0 Å². The minimum atomic E-state index is 0.126. The molecule has 0 aliphatic heterocycles. The number of hydrogen-bond donors (Lipinski definition) is 1. The van der Waals surface area contributed by atoms with Gasteiger partial charge in [-0.05, 0) is 38.5 Å². The topological polar surface area (TPSA) is 29.3 Å². The van der Waals surface area contributed by atoms with Crippen molar-refractivity contribution in [1.29, 1.82) is 0 Å². The van der Waals surface area contributed by atoms with Crippen LogP contribution in [-0.4, -0.2) is 13.1 Å². The van der Waals surface area contributed by atoms with E-state index in [1.807, 2.05) is 6.92 Å². The van der Waals surface area contributed by atoms with Gasteiger partial charge in [0.1, 0.15) is 0 Å². The molecule has 1 atom stereocenters. The fourth-order valence-corrected chi connectivity index (χ4v) is 1.58. The average molecular weight is 192 g/mol. The smallest absolute Gasteiger partial charge is 0.0366 e. The van der Waals surface area contributed by atoms with Gasteiger partial charge in [-0.3, -0.25) is 0 Å². The van der Waals surface area contributed by atoms with Gasteiger partial charge in [-0.2, -0.15) is 0 Å². The molecule has 0 aliphatic rings. The largest absolute Gasteiger partial charge is 0.372 e. The van der Waals surface area contributed by atoms with Crippen molar-refractivity contribution in [3.63, 3.8) is 0 Å². The molecule has 2 N–H and O–H groups in total. The van der Waals surface area contributed by atoms with Crippen LogP contribution in [0.5, 0.6) is 0 Å². The van der Waals surface area contributed by atoms with Gasteiger partial charge in [-0.25, -0.2) is 0 Å². The van der Waals surface area contributed by atoms with Crippen molar-refractivity contribution in [2.75, 3.05) is 18.0 Å². The first-order valence-corrected chi connectivity index (χ1v) is 5.29. The van der Waals surface area contributed by atoms with Crippen molar-refractivity contribution < 1.29 is 0 Å². The van der Waals surface area contributed by atoms with Crippen LogP contribution in [0.25, 0.3) is 0 Å². The first-order valence-electron chi connectivity index (χ1n) is 5.29. The van der Waals surface area contributed by atoms with Crippen LogP contribution in [0.15, 0.2) is 24.3 Å². The summed E-state index contributed by atoms with van der Waals surface area (Å²) in [5, 5.41) is 0. The van der Waals surface area contributed by atoms with Crippen LogP contribution < -0.4 is 10.6 Å². The van der Waals surface area contributed by atoms with Crippen LogP contribution >= 0.6 is 0 Å². The van der Waals surface area contributed by atoms with E-state index < -0.39 is 0 Å². The number of anilines is 1. The highest BCUT2D eigenvalue weighted by Crippen LogP contribution is 2.17. The maximum absolute atomic E-state index is 5.79. The summed E-state index contributed by atoms with van der Waals surface area (Å²) in [4.78, 5) is 2.32. The van der Waals surface area contributed by atoms with Crippen LogP contribution in [0.2, 0.25) is 0 Å². The third-order valence-electron chi connectivity index (χ3n) is 2.55. The van der Waals surface area contributed by atoms with Crippen molar-refractivity contribution in [2.24, 2.45) is 5.73 Å². The summed E-state index contributed by atoms with van der Waals surface area (Å²) in [6.45, 7) is 8.44. The molecule has 0 spiro atoms. The van der Waals surface area contributed by atoms with E-state index >= 15 is 0 Å². The number of nitrogens with zero attached hydrogens (tertiary/aromatic N) is 1. The molecule has 1 rings (SSSR count). The molecule has 0 saturated carbocycles. The number of hydrogen-bond acceptors (Lipinski definition) is 2. The van der Waals surface area contributed by atoms with Crippen molar-refractivity contribution >= 4 is 5.69 Å². The molecule has 0 amide bonds. The summed E-state index contributed by atoms with van der Waals surface area (Å²) in [6, 6.07) is 8.63. The van der Waals surface area contributed by atoms with Gasteiger partial charge in [0.25, 0.3) is 0 Å². The predicted molar refractivity (Wildman–Crippen MR) is 62.6 cm³/mol. The van der Waals surface area contributed by atoms with E-state index in [0.717, 1.165) is 13.1 Å². The van der Waals surface area contributed by atoms with E-state index in [1.54, 1.807) is 0 Å². The Morgan fingerprint density at radius 2 is 1.64 bits per heavy atom. The van der Waals surface area contributed by atoms with E-state index in [0.29, 0.717) is 0 Å². The summed E-state index contributed by atoms with van der Waals surface area (Å²) in [5.74, 6) is 0. The summed E-state index contributed by atoms with van der Waals surface area (Å²) < 4.78 is 0. The molecular formula is C12H20N2. The Morgan fingerprint density at radius 3 is 2.00 bits per heavy atom. The third-order valence-corrected chi connectivity index (χ3v) is 2.55. The SMILES string of the molecule is CCN(CC)c1ccc([C@@H](C)N)cc1. The summed E-state index contributed by atoms with van der Waals surface area (Å²) in [6.07, 6.45) is 0. The molecule has 2 nitrogen and oxygen atoms in total. The lowest BCUT2D eigenvalue weighted by atomic mass is 10.1. The van der Waals surface area contributed by atoms with Gasteiger partial charge in [0, 0.05) is 24.8 Å². The first kappa shape index (κ1) is 11.1.